The molecule has 0 radical (unpaired) electrons. The summed E-state index contributed by atoms with van der Waals surface area (Å²) >= 11 is 0. The normalized spacial score (nSPS) is 16.6. The van der Waals surface area contributed by atoms with Crippen LogP contribution in [0.25, 0.3) is 0 Å². The van der Waals surface area contributed by atoms with Crippen molar-refractivity contribution >= 4 is 11.6 Å². The topological polar surface area (TPSA) is 44.8 Å². The Balaban J connectivity index is 2.05. The number of nitrogens with zero attached hydrogens (tertiary/aromatic N) is 2. The summed E-state index contributed by atoms with van der Waals surface area (Å²) in [5, 5.41) is 3.12. The number of benzene rings is 1. The van der Waals surface area contributed by atoms with E-state index in [-0.39, 0.29) is 11.9 Å². The molecule has 0 saturated carbocycles. The molecule has 2 rings (SSSR count). The molecule has 0 aliphatic carbocycles. The molecule has 0 unspecified atom stereocenters. The summed E-state index contributed by atoms with van der Waals surface area (Å²) in [7, 11) is 4.09. The lowest BCUT2D eigenvalue weighted by molar-refractivity contribution is -0.121. The molecule has 1 amide bonds. The summed E-state index contributed by atoms with van der Waals surface area (Å²) in [6, 6.07) is 8.83. The molecule has 0 spiro atoms. The van der Waals surface area contributed by atoms with Crippen LogP contribution in [-0.2, 0) is 9.53 Å². The lowest BCUT2D eigenvalue weighted by atomic mass is 10.0. The molecule has 1 aromatic carbocycles. The van der Waals surface area contributed by atoms with Crippen LogP contribution >= 0.6 is 0 Å². The summed E-state index contributed by atoms with van der Waals surface area (Å²) in [4.78, 5) is 16.5. The van der Waals surface area contributed by atoms with Gasteiger partial charge in [0.05, 0.1) is 19.3 Å². The molecule has 0 aromatic heterocycles. The van der Waals surface area contributed by atoms with Gasteiger partial charge in [0.15, 0.2) is 0 Å². The molecule has 1 heterocycles. The van der Waals surface area contributed by atoms with Crippen LogP contribution in [0.1, 0.15) is 37.8 Å². The van der Waals surface area contributed by atoms with Crippen LogP contribution in [0.4, 0.5) is 5.69 Å². The van der Waals surface area contributed by atoms with Gasteiger partial charge < -0.3 is 15.0 Å². The molecule has 24 heavy (non-hydrogen) atoms. The number of carbonyl (C=O) groups excluding carboxylic acids is 1. The van der Waals surface area contributed by atoms with Crippen molar-refractivity contribution in [1.29, 1.82) is 0 Å². The summed E-state index contributed by atoms with van der Waals surface area (Å²) in [6.07, 6.45) is 2.61. The lowest BCUT2D eigenvalue weighted by Gasteiger charge is -2.35. The number of amides is 1. The molecule has 1 saturated heterocycles. The second kappa shape index (κ2) is 9.64. The van der Waals surface area contributed by atoms with Crippen molar-refractivity contribution in [3.63, 3.8) is 0 Å². The largest absolute Gasteiger partial charge is 0.379 e. The fraction of sp³-hybridized carbons (Fsp3) is 0.632. The van der Waals surface area contributed by atoms with E-state index in [1.165, 1.54) is 11.3 Å². The molecule has 134 valence electrons. The molecular formula is C19H31N3O2. The van der Waals surface area contributed by atoms with Crippen molar-refractivity contribution in [2.45, 2.75) is 32.2 Å². The van der Waals surface area contributed by atoms with E-state index in [2.05, 4.69) is 46.3 Å². The third-order valence-electron chi connectivity index (χ3n) is 4.53. The summed E-state index contributed by atoms with van der Waals surface area (Å²) in [5.41, 5.74) is 2.43. The predicted molar refractivity (Wildman–Crippen MR) is 98.4 cm³/mol. The molecule has 1 N–H and O–H groups in total. The van der Waals surface area contributed by atoms with E-state index in [9.17, 15) is 4.79 Å². The van der Waals surface area contributed by atoms with Crippen LogP contribution in [0.15, 0.2) is 24.3 Å². The first-order valence-electron chi connectivity index (χ1n) is 8.97. The number of anilines is 1. The fourth-order valence-corrected chi connectivity index (χ4v) is 2.98. The van der Waals surface area contributed by atoms with Crippen molar-refractivity contribution in [3.8, 4) is 0 Å². The van der Waals surface area contributed by atoms with Crippen molar-refractivity contribution in [1.82, 2.24) is 10.2 Å². The van der Waals surface area contributed by atoms with Gasteiger partial charge in [-0.25, -0.2) is 0 Å². The zero-order valence-corrected chi connectivity index (χ0v) is 15.3. The molecule has 0 bridgehead atoms. The van der Waals surface area contributed by atoms with Gasteiger partial charge in [0.2, 0.25) is 5.91 Å². The Hall–Kier alpha value is -1.59. The number of rotatable bonds is 8. The van der Waals surface area contributed by atoms with Crippen LogP contribution in [0.3, 0.4) is 0 Å². The average Bonchev–Trinajstić information content (AvgIpc) is 2.61. The van der Waals surface area contributed by atoms with E-state index >= 15 is 0 Å². The van der Waals surface area contributed by atoms with E-state index in [1.807, 2.05) is 14.1 Å². The minimum absolute atomic E-state index is 0.153. The molecular weight excluding hydrogens is 302 g/mol. The zero-order valence-electron chi connectivity index (χ0n) is 15.3. The Labute approximate surface area is 146 Å². The third-order valence-corrected chi connectivity index (χ3v) is 4.53. The highest BCUT2D eigenvalue weighted by Crippen LogP contribution is 2.23. The van der Waals surface area contributed by atoms with Crippen molar-refractivity contribution in [3.05, 3.63) is 29.8 Å². The van der Waals surface area contributed by atoms with Gasteiger partial charge in [-0.05, 0) is 24.1 Å². The Morgan fingerprint density at radius 1 is 1.25 bits per heavy atom. The number of unbranched alkanes of at least 4 members (excludes halogenated alkanes) is 1. The van der Waals surface area contributed by atoms with Gasteiger partial charge in [0, 0.05) is 45.8 Å². The molecule has 5 nitrogen and oxygen atoms in total. The highest BCUT2D eigenvalue weighted by Gasteiger charge is 2.23. The number of nitrogens with one attached hydrogen (secondary N) is 1. The van der Waals surface area contributed by atoms with Gasteiger partial charge in [-0.3, -0.25) is 9.69 Å². The quantitative estimate of drug-likeness (QED) is 0.794. The SMILES string of the molecule is CCCCC(=O)NC[C@@H](c1ccc(N(C)C)cc1)N1CCOCC1. The van der Waals surface area contributed by atoms with Crippen molar-refractivity contribution in [2.75, 3.05) is 51.8 Å². The molecule has 1 fully saturated rings. The highest BCUT2D eigenvalue weighted by molar-refractivity contribution is 5.75. The summed E-state index contributed by atoms with van der Waals surface area (Å²) in [6.45, 7) is 6.10. The van der Waals surface area contributed by atoms with Gasteiger partial charge in [0.1, 0.15) is 0 Å². The average molecular weight is 333 g/mol. The number of carbonyl (C=O) groups is 1. The standard InChI is InChI=1S/C19H31N3O2/c1-4-5-6-19(23)20-15-18(22-11-13-24-14-12-22)16-7-9-17(10-8-16)21(2)3/h7-10,18H,4-6,11-15H2,1-3H3,(H,20,23)/t18-/m0/s1. The number of morpholine rings is 1. The first-order valence-corrected chi connectivity index (χ1v) is 8.97. The maximum absolute atomic E-state index is 12.0. The number of ether oxygens (including phenoxy) is 1. The zero-order chi connectivity index (χ0) is 17.4. The second-order valence-corrected chi connectivity index (χ2v) is 6.56. The van der Waals surface area contributed by atoms with Crippen molar-refractivity contribution < 1.29 is 9.53 Å². The maximum atomic E-state index is 12.0. The first kappa shape index (κ1) is 18.7. The third kappa shape index (κ3) is 5.49. The molecule has 1 aliphatic rings. The molecule has 5 heteroatoms. The summed E-state index contributed by atoms with van der Waals surface area (Å²) < 4.78 is 5.48. The van der Waals surface area contributed by atoms with Crippen LogP contribution in [0, 0.1) is 0 Å². The Bertz CT molecular complexity index is 496. The number of hydrogen-bond acceptors (Lipinski definition) is 4. The Morgan fingerprint density at radius 2 is 1.92 bits per heavy atom. The van der Waals surface area contributed by atoms with Crippen LogP contribution in [-0.4, -0.2) is 57.8 Å². The van der Waals surface area contributed by atoms with Crippen LogP contribution < -0.4 is 10.2 Å². The molecule has 1 aliphatic heterocycles. The Morgan fingerprint density at radius 3 is 2.50 bits per heavy atom. The minimum Gasteiger partial charge on any atom is -0.379 e. The Kier molecular flexibility index (Phi) is 7.53. The van der Waals surface area contributed by atoms with Crippen molar-refractivity contribution in [2.24, 2.45) is 0 Å². The van der Waals surface area contributed by atoms with Crippen LogP contribution in [0.5, 0.6) is 0 Å². The van der Waals surface area contributed by atoms with E-state index in [0.717, 1.165) is 39.1 Å². The van der Waals surface area contributed by atoms with E-state index in [1.54, 1.807) is 0 Å². The lowest BCUT2D eigenvalue weighted by Crippen LogP contribution is -2.43. The van der Waals surface area contributed by atoms with Gasteiger partial charge in [0.25, 0.3) is 0 Å². The molecule has 1 atom stereocenters. The van der Waals surface area contributed by atoms with Gasteiger partial charge in [-0.2, -0.15) is 0 Å². The van der Waals surface area contributed by atoms with Gasteiger partial charge in [-0.15, -0.1) is 0 Å². The highest BCUT2D eigenvalue weighted by atomic mass is 16.5. The van der Waals surface area contributed by atoms with Crippen LogP contribution in [0.2, 0.25) is 0 Å². The van der Waals surface area contributed by atoms with E-state index in [0.29, 0.717) is 13.0 Å². The maximum Gasteiger partial charge on any atom is 0.220 e. The fourth-order valence-electron chi connectivity index (χ4n) is 2.98. The minimum atomic E-state index is 0.153. The molecule has 1 aromatic rings. The van der Waals surface area contributed by atoms with E-state index in [4.69, 9.17) is 4.74 Å². The van der Waals surface area contributed by atoms with Gasteiger partial charge >= 0.3 is 0 Å². The number of hydrogen-bond donors (Lipinski definition) is 1. The first-order chi connectivity index (χ1) is 11.6. The van der Waals surface area contributed by atoms with E-state index < -0.39 is 0 Å². The van der Waals surface area contributed by atoms with Gasteiger partial charge in [-0.1, -0.05) is 25.5 Å². The summed E-state index contributed by atoms with van der Waals surface area (Å²) in [5.74, 6) is 0.153. The smallest absolute Gasteiger partial charge is 0.220 e. The predicted octanol–water partition coefficient (Wildman–Crippen LogP) is 2.43. The second-order valence-electron chi connectivity index (χ2n) is 6.56. The monoisotopic (exact) mass is 333 g/mol.